The molecule has 8 nitrogen and oxygen atoms in total. The molecule has 1 aliphatic heterocycles. The van der Waals surface area contributed by atoms with Gasteiger partial charge in [0.1, 0.15) is 0 Å². The summed E-state index contributed by atoms with van der Waals surface area (Å²) >= 11 is 0. The Balaban J connectivity index is 1.60. The first-order chi connectivity index (χ1) is 15.0. The van der Waals surface area contributed by atoms with Crippen molar-refractivity contribution in [3.05, 3.63) is 30.0 Å². The van der Waals surface area contributed by atoms with Gasteiger partial charge in [0.15, 0.2) is 0 Å². The molecule has 2 heterocycles. The molecule has 0 unspecified atom stereocenters. The van der Waals surface area contributed by atoms with Crippen LogP contribution >= 0.6 is 0 Å². The maximum absolute atomic E-state index is 12.7. The predicted octanol–water partition coefficient (Wildman–Crippen LogP) is 4.47. The van der Waals surface area contributed by atoms with Crippen molar-refractivity contribution in [2.75, 3.05) is 5.32 Å². The van der Waals surface area contributed by atoms with Gasteiger partial charge in [0.05, 0.1) is 5.56 Å². The van der Waals surface area contributed by atoms with Crippen LogP contribution in [0.1, 0.15) is 81.5 Å². The maximum Gasteiger partial charge on any atom is 0.364 e. The van der Waals surface area contributed by atoms with Crippen molar-refractivity contribution >= 4 is 40.3 Å². The Bertz CT molecular complexity index is 949. The molecular weight excluding hydrogens is 398 g/mol. The van der Waals surface area contributed by atoms with E-state index in [9.17, 15) is 19.2 Å². The third-order valence-corrected chi connectivity index (χ3v) is 5.36. The van der Waals surface area contributed by atoms with Gasteiger partial charge >= 0.3 is 5.97 Å². The van der Waals surface area contributed by atoms with Gasteiger partial charge in [-0.05, 0) is 24.6 Å². The van der Waals surface area contributed by atoms with Gasteiger partial charge in [0.2, 0.25) is 5.91 Å². The molecular formula is C23H29N3O5. The summed E-state index contributed by atoms with van der Waals surface area (Å²) in [6.07, 6.45) is 10.0. The largest absolute Gasteiger partial charge is 0.364 e. The van der Waals surface area contributed by atoms with Gasteiger partial charge in [-0.25, -0.2) is 4.79 Å². The van der Waals surface area contributed by atoms with E-state index in [1.165, 1.54) is 31.7 Å². The van der Waals surface area contributed by atoms with E-state index in [4.69, 9.17) is 4.84 Å². The minimum Gasteiger partial charge on any atom is -0.361 e. The van der Waals surface area contributed by atoms with Crippen LogP contribution < -0.4 is 5.32 Å². The molecule has 2 aromatic rings. The lowest BCUT2D eigenvalue weighted by molar-refractivity contribution is -0.172. The number of amides is 3. The number of aromatic amines is 1. The molecule has 1 aliphatic rings. The molecule has 31 heavy (non-hydrogen) atoms. The average Bonchev–Trinajstić information content (AvgIpc) is 3.34. The zero-order valence-electron chi connectivity index (χ0n) is 17.9. The normalized spacial score (nSPS) is 13.8. The first kappa shape index (κ1) is 22.5. The van der Waals surface area contributed by atoms with E-state index in [-0.39, 0.29) is 24.3 Å². The fraction of sp³-hybridized carbons (Fsp3) is 0.478. The SMILES string of the molecule is CCCCCCCCCC(=O)Nc1cc(C(=O)ON2C(=O)CCC2=O)c2cc[nH]c2c1. The number of nitrogens with one attached hydrogen (secondary N) is 2. The molecule has 0 saturated carbocycles. The Kier molecular flexibility index (Phi) is 7.81. The molecule has 1 saturated heterocycles. The van der Waals surface area contributed by atoms with E-state index in [2.05, 4.69) is 17.2 Å². The van der Waals surface area contributed by atoms with E-state index >= 15 is 0 Å². The second-order valence-electron chi connectivity index (χ2n) is 7.84. The van der Waals surface area contributed by atoms with Gasteiger partial charge in [0.25, 0.3) is 11.8 Å². The number of fused-ring (bicyclic) bond motifs is 1. The van der Waals surface area contributed by atoms with Gasteiger partial charge in [-0.3, -0.25) is 14.4 Å². The topological polar surface area (TPSA) is 109 Å². The summed E-state index contributed by atoms with van der Waals surface area (Å²) < 4.78 is 0. The first-order valence-electron chi connectivity index (χ1n) is 11.0. The van der Waals surface area contributed by atoms with E-state index < -0.39 is 17.8 Å². The number of benzene rings is 1. The zero-order valence-corrected chi connectivity index (χ0v) is 17.9. The van der Waals surface area contributed by atoms with Gasteiger partial charge in [0, 0.05) is 42.0 Å². The molecule has 0 spiro atoms. The average molecular weight is 428 g/mol. The summed E-state index contributed by atoms with van der Waals surface area (Å²) in [5, 5.41) is 3.93. The molecule has 0 aliphatic carbocycles. The van der Waals surface area contributed by atoms with Crippen LogP contribution in [-0.2, 0) is 19.2 Å². The van der Waals surface area contributed by atoms with Crippen LogP contribution in [0.5, 0.6) is 0 Å². The van der Waals surface area contributed by atoms with Crippen LogP contribution in [-0.4, -0.2) is 33.7 Å². The number of carbonyl (C=O) groups excluding carboxylic acids is 4. The van der Waals surface area contributed by atoms with Gasteiger partial charge in [-0.1, -0.05) is 45.4 Å². The number of imide groups is 1. The number of carbonyl (C=O) groups is 4. The molecule has 166 valence electrons. The Hall–Kier alpha value is -3.16. The summed E-state index contributed by atoms with van der Waals surface area (Å²) in [5.74, 6) is -2.02. The summed E-state index contributed by atoms with van der Waals surface area (Å²) in [6.45, 7) is 2.19. The smallest absolute Gasteiger partial charge is 0.361 e. The zero-order chi connectivity index (χ0) is 22.2. The van der Waals surface area contributed by atoms with Crippen molar-refractivity contribution in [2.45, 2.75) is 71.1 Å². The van der Waals surface area contributed by atoms with Crippen molar-refractivity contribution in [3.63, 3.8) is 0 Å². The molecule has 1 aromatic heterocycles. The third kappa shape index (κ3) is 5.93. The highest BCUT2D eigenvalue weighted by molar-refractivity contribution is 6.08. The first-order valence-corrected chi connectivity index (χ1v) is 11.0. The summed E-state index contributed by atoms with van der Waals surface area (Å²) in [7, 11) is 0. The lowest BCUT2D eigenvalue weighted by atomic mass is 10.1. The van der Waals surface area contributed by atoms with E-state index in [0.717, 1.165) is 19.3 Å². The van der Waals surface area contributed by atoms with Crippen LogP contribution in [0, 0.1) is 0 Å². The van der Waals surface area contributed by atoms with Crippen molar-refractivity contribution in [1.82, 2.24) is 10.0 Å². The van der Waals surface area contributed by atoms with Gasteiger partial charge < -0.3 is 15.1 Å². The summed E-state index contributed by atoms with van der Waals surface area (Å²) in [4.78, 5) is 56.5. The van der Waals surface area contributed by atoms with Crippen LogP contribution in [0.4, 0.5) is 5.69 Å². The molecule has 3 rings (SSSR count). The van der Waals surface area contributed by atoms with E-state index in [1.807, 2.05) is 0 Å². The highest BCUT2D eigenvalue weighted by Crippen LogP contribution is 2.25. The Morgan fingerprint density at radius 2 is 1.71 bits per heavy atom. The van der Waals surface area contributed by atoms with Crippen LogP contribution in [0.15, 0.2) is 24.4 Å². The number of hydrogen-bond donors (Lipinski definition) is 2. The Morgan fingerprint density at radius 3 is 2.42 bits per heavy atom. The lowest BCUT2D eigenvalue weighted by Crippen LogP contribution is -2.32. The predicted molar refractivity (Wildman–Crippen MR) is 116 cm³/mol. The minimum absolute atomic E-state index is 0.0282. The molecule has 1 fully saturated rings. The minimum atomic E-state index is -0.823. The van der Waals surface area contributed by atoms with Gasteiger partial charge in [-0.2, -0.15) is 0 Å². The number of aromatic nitrogens is 1. The Morgan fingerprint density at radius 1 is 1.03 bits per heavy atom. The lowest BCUT2D eigenvalue weighted by Gasteiger charge is -2.14. The quantitative estimate of drug-likeness (QED) is 0.406. The standard InChI is InChI=1S/C23H29N3O5/c1-2-3-4-5-6-7-8-9-20(27)25-16-14-18(17-12-13-24-19(17)15-16)23(30)31-26-21(28)10-11-22(26)29/h12-15,24H,2-11H2,1H3,(H,25,27). The van der Waals surface area contributed by atoms with Crippen LogP contribution in [0.2, 0.25) is 0 Å². The van der Waals surface area contributed by atoms with Crippen molar-refractivity contribution in [2.24, 2.45) is 0 Å². The van der Waals surface area contributed by atoms with E-state index in [0.29, 0.717) is 28.1 Å². The molecule has 0 radical (unpaired) electrons. The fourth-order valence-corrected chi connectivity index (χ4v) is 3.66. The number of rotatable bonds is 11. The van der Waals surface area contributed by atoms with Crippen LogP contribution in [0.3, 0.4) is 0 Å². The van der Waals surface area contributed by atoms with Crippen molar-refractivity contribution < 1.29 is 24.0 Å². The number of hydroxylamine groups is 2. The highest BCUT2D eigenvalue weighted by atomic mass is 16.7. The van der Waals surface area contributed by atoms with E-state index in [1.54, 1.807) is 18.3 Å². The molecule has 8 heteroatoms. The molecule has 2 N–H and O–H groups in total. The maximum atomic E-state index is 12.7. The van der Waals surface area contributed by atoms with Gasteiger partial charge in [-0.15, -0.1) is 5.06 Å². The Labute approximate surface area is 181 Å². The number of nitrogens with zero attached hydrogens (tertiary/aromatic N) is 1. The molecule has 0 atom stereocenters. The number of unbranched alkanes of at least 4 members (excludes halogenated alkanes) is 6. The number of H-pyrrole nitrogens is 1. The monoisotopic (exact) mass is 427 g/mol. The fourth-order valence-electron chi connectivity index (χ4n) is 3.66. The summed E-state index contributed by atoms with van der Waals surface area (Å²) in [5.41, 5.74) is 1.26. The third-order valence-electron chi connectivity index (χ3n) is 5.36. The molecule has 3 amide bonds. The number of hydrogen-bond acceptors (Lipinski definition) is 5. The van der Waals surface area contributed by atoms with Crippen molar-refractivity contribution in [1.29, 1.82) is 0 Å². The molecule has 0 bridgehead atoms. The van der Waals surface area contributed by atoms with Crippen LogP contribution in [0.25, 0.3) is 10.9 Å². The second-order valence-corrected chi connectivity index (χ2v) is 7.84. The summed E-state index contributed by atoms with van der Waals surface area (Å²) in [6, 6.07) is 4.94. The molecule has 1 aromatic carbocycles. The second kappa shape index (κ2) is 10.7. The highest BCUT2D eigenvalue weighted by Gasteiger charge is 2.33. The van der Waals surface area contributed by atoms with Crippen molar-refractivity contribution in [3.8, 4) is 0 Å². The number of anilines is 1.